The first-order valence-electron chi connectivity index (χ1n) is 8.77. The minimum absolute atomic E-state index is 0.718. The second-order valence-electron chi connectivity index (χ2n) is 5.95. The molecule has 0 spiro atoms. The zero-order valence-corrected chi connectivity index (χ0v) is 15.0. The van der Waals surface area contributed by atoms with E-state index in [2.05, 4.69) is 62.1 Å². The third-order valence-corrected chi connectivity index (χ3v) is 4.08. The van der Waals surface area contributed by atoms with Crippen LogP contribution in [0.1, 0.15) is 17.5 Å². The molecule has 0 aliphatic heterocycles. The monoisotopic (exact) mass is 348 g/mol. The highest BCUT2D eigenvalue weighted by Crippen LogP contribution is 2.07. The minimum atomic E-state index is 0.718. The molecule has 3 aromatic rings. The Morgan fingerprint density at radius 3 is 2.50 bits per heavy atom. The number of guanidine groups is 1. The number of hydrogen-bond donors (Lipinski definition) is 2. The molecule has 0 atom stereocenters. The average Bonchev–Trinajstić information content (AvgIpc) is 3.23. The van der Waals surface area contributed by atoms with Crippen molar-refractivity contribution in [3.05, 3.63) is 78.4 Å². The van der Waals surface area contributed by atoms with Crippen LogP contribution in [0.4, 0.5) is 0 Å². The van der Waals surface area contributed by atoms with Gasteiger partial charge in [-0.3, -0.25) is 4.99 Å². The van der Waals surface area contributed by atoms with Crippen molar-refractivity contribution in [1.29, 1.82) is 0 Å². The summed E-state index contributed by atoms with van der Waals surface area (Å²) in [6.07, 6.45) is 5.35. The molecule has 1 aromatic heterocycles. The Morgan fingerprint density at radius 2 is 1.81 bits per heavy atom. The SMILES string of the molecule is CN=C(NCCCc1ccccc1)NCc1ccc(-n2cncn2)cc1. The van der Waals surface area contributed by atoms with E-state index in [1.165, 1.54) is 17.5 Å². The van der Waals surface area contributed by atoms with Crippen LogP contribution in [0.15, 0.2) is 72.2 Å². The Balaban J connectivity index is 1.41. The lowest BCUT2D eigenvalue weighted by atomic mass is 10.1. The smallest absolute Gasteiger partial charge is 0.191 e. The van der Waals surface area contributed by atoms with E-state index in [9.17, 15) is 0 Å². The Hall–Kier alpha value is -3.15. The molecule has 0 saturated carbocycles. The number of nitrogens with zero attached hydrogens (tertiary/aromatic N) is 4. The number of aryl methyl sites for hydroxylation is 1. The van der Waals surface area contributed by atoms with Crippen LogP contribution < -0.4 is 10.6 Å². The lowest BCUT2D eigenvalue weighted by molar-refractivity contribution is 0.742. The van der Waals surface area contributed by atoms with Crippen molar-refractivity contribution in [2.45, 2.75) is 19.4 Å². The van der Waals surface area contributed by atoms with Gasteiger partial charge in [0.05, 0.1) is 5.69 Å². The minimum Gasteiger partial charge on any atom is -0.356 e. The van der Waals surface area contributed by atoms with E-state index >= 15 is 0 Å². The predicted octanol–water partition coefficient (Wildman–Crippen LogP) is 2.57. The Kier molecular flexibility index (Phi) is 6.36. The van der Waals surface area contributed by atoms with Gasteiger partial charge >= 0.3 is 0 Å². The molecule has 26 heavy (non-hydrogen) atoms. The molecule has 2 aromatic carbocycles. The highest BCUT2D eigenvalue weighted by molar-refractivity contribution is 5.79. The second-order valence-corrected chi connectivity index (χ2v) is 5.95. The summed E-state index contributed by atoms with van der Waals surface area (Å²) < 4.78 is 1.74. The van der Waals surface area contributed by atoms with Crippen LogP contribution in [-0.2, 0) is 13.0 Å². The molecule has 6 nitrogen and oxygen atoms in total. The van der Waals surface area contributed by atoms with Crippen molar-refractivity contribution in [3.63, 3.8) is 0 Å². The molecule has 0 bridgehead atoms. The molecule has 2 N–H and O–H groups in total. The van der Waals surface area contributed by atoms with Crippen molar-refractivity contribution in [2.24, 2.45) is 4.99 Å². The maximum atomic E-state index is 4.28. The summed E-state index contributed by atoms with van der Waals surface area (Å²) in [5, 5.41) is 10.8. The van der Waals surface area contributed by atoms with Gasteiger partial charge in [-0.15, -0.1) is 0 Å². The van der Waals surface area contributed by atoms with Crippen molar-refractivity contribution >= 4 is 5.96 Å². The molecule has 0 saturated heterocycles. The largest absolute Gasteiger partial charge is 0.356 e. The summed E-state index contributed by atoms with van der Waals surface area (Å²) in [5.74, 6) is 0.818. The fourth-order valence-corrected chi connectivity index (χ4v) is 2.66. The molecule has 3 rings (SSSR count). The van der Waals surface area contributed by atoms with E-state index in [1.807, 2.05) is 18.2 Å². The van der Waals surface area contributed by atoms with Gasteiger partial charge < -0.3 is 10.6 Å². The van der Waals surface area contributed by atoms with Crippen LogP contribution in [-0.4, -0.2) is 34.3 Å². The van der Waals surface area contributed by atoms with Crippen molar-refractivity contribution in [2.75, 3.05) is 13.6 Å². The van der Waals surface area contributed by atoms with Gasteiger partial charge in [-0.2, -0.15) is 5.10 Å². The van der Waals surface area contributed by atoms with E-state index in [1.54, 1.807) is 18.1 Å². The highest BCUT2D eigenvalue weighted by Gasteiger charge is 2.00. The zero-order chi connectivity index (χ0) is 18.0. The van der Waals surface area contributed by atoms with E-state index in [-0.39, 0.29) is 0 Å². The highest BCUT2D eigenvalue weighted by atomic mass is 15.3. The topological polar surface area (TPSA) is 67.1 Å². The molecule has 0 amide bonds. The molecular weight excluding hydrogens is 324 g/mol. The number of aliphatic imine (C=N–C) groups is 1. The number of aromatic nitrogens is 3. The van der Waals surface area contributed by atoms with Crippen LogP contribution >= 0.6 is 0 Å². The molecule has 0 aliphatic rings. The van der Waals surface area contributed by atoms with Gasteiger partial charge in [0, 0.05) is 20.1 Å². The molecule has 0 radical (unpaired) electrons. The van der Waals surface area contributed by atoms with Crippen LogP contribution in [0, 0.1) is 0 Å². The van der Waals surface area contributed by atoms with Gasteiger partial charge in [0.2, 0.25) is 0 Å². The first-order chi connectivity index (χ1) is 12.8. The van der Waals surface area contributed by atoms with E-state index in [0.717, 1.165) is 37.6 Å². The summed E-state index contributed by atoms with van der Waals surface area (Å²) in [7, 11) is 1.79. The molecule has 0 unspecified atom stereocenters. The van der Waals surface area contributed by atoms with Crippen LogP contribution in [0.5, 0.6) is 0 Å². The first-order valence-corrected chi connectivity index (χ1v) is 8.77. The van der Waals surface area contributed by atoms with Gasteiger partial charge in [0.15, 0.2) is 5.96 Å². The third kappa shape index (κ3) is 5.17. The molecule has 0 aliphatic carbocycles. The van der Waals surface area contributed by atoms with Gasteiger partial charge in [-0.25, -0.2) is 9.67 Å². The van der Waals surface area contributed by atoms with Crippen molar-refractivity contribution < 1.29 is 0 Å². The van der Waals surface area contributed by atoms with Gasteiger partial charge in [0.25, 0.3) is 0 Å². The van der Waals surface area contributed by atoms with Gasteiger partial charge in [0.1, 0.15) is 12.7 Å². The Morgan fingerprint density at radius 1 is 1.00 bits per heavy atom. The maximum absolute atomic E-state index is 4.28. The number of nitrogens with one attached hydrogen (secondary N) is 2. The standard InChI is InChI=1S/C20H24N6/c1-21-20(23-13-5-8-17-6-3-2-4-7-17)24-14-18-9-11-19(12-10-18)26-16-22-15-25-26/h2-4,6-7,9-12,15-16H,5,8,13-14H2,1H3,(H2,21,23,24). The van der Waals surface area contributed by atoms with Crippen molar-refractivity contribution in [1.82, 2.24) is 25.4 Å². The predicted molar refractivity (Wildman–Crippen MR) is 104 cm³/mol. The van der Waals surface area contributed by atoms with Gasteiger partial charge in [-0.1, -0.05) is 42.5 Å². The van der Waals surface area contributed by atoms with Crippen LogP contribution in [0.25, 0.3) is 5.69 Å². The normalized spacial score (nSPS) is 11.3. The summed E-state index contributed by atoms with van der Waals surface area (Å²) >= 11 is 0. The molecular formula is C20H24N6. The number of benzene rings is 2. The molecule has 6 heteroatoms. The summed E-state index contributed by atoms with van der Waals surface area (Å²) in [4.78, 5) is 8.24. The average molecular weight is 348 g/mol. The van der Waals surface area contributed by atoms with E-state index in [0.29, 0.717) is 0 Å². The van der Waals surface area contributed by atoms with E-state index in [4.69, 9.17) is 0 Å². The first kappa shape index (κ1) is 17.7. The summed E-state index contributed by atoms with van der Waals surface area (Å²) in [6, 6.07) is 18.7. The van der Waals surface area contributed by atoms with E-state index < -0.39 is 0 Å². The lowest BCUT2D eigenvalue weighted by Gasteiger charge is -2.12. The number of hydrogen-bond acceptors (Lipinski definition) is 3. The number of rotatable bonds is 7. The molecule has 134 valence electrons. The summed E-state index contributed by atoms with van der Waals surface area (Å²) in [6.45, 7) is 1.61. The summed E-state index contributed by atoms with van der Waals surface area (Å²) in [5.41, 5.74) is 3.54. The Bertz CT molecular complexity index is 794. The fourth-order valence-electron chi connectivity index (χ4n) is 2.66. The maximum Gasteiger partial charge on any atom is 0.191 e. The lowest BCUT2D eigenvalue weighted by Crippen LogP contribution is -2.37. The third-order valence-electron chi connectivity index (χ3n) is 4.08. The van der Waals surface area contributed by atoms with Crippen LogP contribution in [0.3, 0.4) is 0 Å². The zero-order valence-electron chi connectivity index (χ0n) is 15.0. The quantitative estimate of drug-likeness (QED) is 0.391. The molecule has 0 fully saturated rings. The second kappa shape index (κ2) is 9.36. The Labute approximate surface area is 154 Å². The van der Waals surface area contributed by atoms with Crippen molar-refractivity contribution in [3.8, 4) is 5.69 Å². The molecule has 1 heterocycles. The fraction of sp³-hybridized carbons (Fsp3) is 0.250. The van der Waals surface area contributed by atoms with Gasteiger partial charge in [-0.05, 0) is 36.1 Å². The van der Waals surface area contributed by atoms with Crippen LogP contribution in [0.2, 0.25) is 0 Å².